The molecule has 4 rings (SSSR count). The lowest BCUT2D eigenvalue weighted by atomic mass is 10.0. The van der Waals surface area contributed by atoms with E-state index >= 15 is 0 Å². The summed E-state index contributed by atoms with van der Waals surface area (Å²) >= 11 is 0. The van der Waals surface area contributed by atoms with Crippen LogP contribution in [0.4, 0.5) is 0 Å². The number of ketones is 1. The van der Waals surface area contributed by atoms with Gasteiger partial charge in [0.2, 0.25) is 10.0 Å². The van der Waals surface area contributed by atoms with Crippen molar-refractivity contribution in [1.29, 1.82) is 0 Å². The van der Waals surface area contributed by atoms with E-state index in [2.05, 4.69) is 6.92 Å². The molecule has 1 aliphatic rings. The van der Waals surface area contributed by atoms with E-state index in [1.807, 2.05) is 6.92 Å². The van der Waals surface area contributed by atoms with Crippen molar-refractivity contribution in [2.24, 2.45) is 5.92 Å². The predicted octanol–water partition coefficient (Wildman–Crippen LogP) is 3.30. The molecule has 1 aromatic heterocycles. The molecule has 0 N–H and O–H groups in total. The second-order valence-electron chi connectivity index (χ2n) is 8.05. The maximum atomic E-state index is 13.0. The fraction of sp³-hybridized carbons (Fsp3) is 0.391. The third-order valence-electron chi connectivity index (χ3n) is 5.79. The van der Waals surface area contributed by atoms with Crippen molar-refractivity contribution in [2.75, 3.05) is 19.7 Å². The molecule has 1 saturated heterocycles. The predicted molar refractivity (Wildman–Crippen MR) is 120 cm³/mol. The van der Waals surface area contributed by atoms with Gasteiger partial charge in [-0.1, -0.05) is 19.1 Å². The van der Waals surface area contributed by atoms with Gasteiger partial charge in [-0.3, -0.25) is 9.36 Å². The van der Waals surface area contributed by atoms with Crippen LogP contribution in [0.15, 0.2) is 56.6 Å². The average molecular weight is 459 g/mol. The molecule has 0 bridgehead atoms. The Kier molecular flexibility index (Phi) is 6.21. The molecule has 0 saturated carbocycles. The Morgan fingerprint density at radius 2 is 1.91 bits per heavy atom. The van der Waals surface area contributed by atoms with Gasteiger partial charge in [-0.05, 0) is 49.9 Å². The highest BCUT2D eigenvalue weighted by molar-refractivity contribution is 7.89. The zero-order valence-corrected chi connectivity index (χ0v) is 18.9. The van der Waals surface area contributed by atoms with Crippen molar-refractivity contribution in [1.82, 2.24) is 8.87 Å². The van der Waals surface area contributed by atoms with E-state index in [-0.39, 0.29) is 22.8 Å². The van der Waals surface area contributed by atoms with E-state index in [4.69, 9.17) is 9.15 Å². The van der Waals surface area contributed by atoms with Gasteiger partial charge in [0.15, 0.2) is 11.4 Å². The highest BCUT2D eigenvalue weighted by Gasteiger charge is 2.29. The first-order valence-electron chi connectivity index (χ1n) is 10.7. The molecule has 0 radical (unpaired) electrons. The minimum Gasteiger partial charge on any atom is -0.494 e. The number of nitrogens with zero attached hydrogens (tertiary/aromatic N) is 2. The Bertz CT molecular complexity index is 1300. The van der Waals surface area contributed by atoms with E-state index < -0.39 is 15.8 Å². The fourth-order valence-corrected chi connectivity index (χ4v) is 5.38. The van der Waals surface area contributed by atoms with Gasteiger partial charge in [0, 0.05) is 24.7 Å². The molecular weight excluding hydrogens is 432 g/mol. The number of ether oxygens (including phenoxy) is 1. The van der Waals surface area contributed by atoms with Crippen LogP contribution in [0.2, 0.25) is 0 Å². The number of oxazole rings is 1. The summed E-state index contributed by atoms with van der Waals surface area (Å²) in [4.78, 5) is 25.3. The summed E-state index contributed by atoms with van der Waals surface area (Å²) in [6.45, 7) is 5.17. The molecule has 0 amide bonds. The van der Waals surface area contributed by atoms with Crippen molar-refractivity contribution < 1.29 is 22.4 Å². The summed E-state index contributed by atoms with van der Waals surface area (Å²) in [6, 6.07) is 11.1. The molecular formula is C23H26N2O6S. The number of hydrogen-bond donors (Lipinski definition) is 0. The molecule has 32 heavy (non-hydrogen) atoms. The standard InChI is InChI=1S/C23H26N2O6S/c1-3-30-18-6-4-5-17(13-18)21(26)15-25-20-8-7-19(14-22(20)31-23(25)27)32(28,29)24-11-9-16(2)10-12-24/h4-8,13-14,16H,3,9-12,15H2,1-2H3. The van der Waals surface area contributed by atoms with Gasteiger partial charge in [0.1, 0.15) is 5.75 Å². The van der Waals surface area contributed by atoms with Gasteiger partial charge in [-0.15, -0.1) is 0 Å². The summed E-state index contributed by atoms with van der Waals surface area (Å²) in [5.41, 5.74) is 0.920. The molecule has 0 aliphatic carbocycles. The number of Topliss-reactive ketones (excluding diaryl/α,β-unsaturated/α-hetero) is 1. The molecule has 0 atom stereocenters. The van der Waals surface area contributed by atoms with E-state index in [9.17, 15) is 18.0 Å². The van der Waals surface area contributed by atoms with Crippen molar-refractivity contribution >= 4 is 26.9 Å². The molecule has 0 spiro atoms. The molecule has 0 unspecified atom stereocenters. The summed E-state index contributed by atoms with van der Waals surface area (Å²) < 4.78 is 39.4. The van der Waals surface area contributed by atoms with Crippen LogP contribution in [-0.2, 0) is 16.6 Å². The number of sulfonamides is 1. The van der Waals surface area contributed by atoms with Crippen LogP contribution < -0.4 is 10.5 Å². The van der Waals surface area contributed by atoms with Crippen LogP contribution in [0.5, 0.6) is 5.75 Å². The van der Waals surface area contributed by atoms with Crippen LogP contribution in [0.25, 0.3) is 11.1 Å². The van der Waals surface area contributed by atoms with E-state index in [0.29, 0.717) is 42.4 Å². The Balaban J connectivity index is 1.61. The summed E-state index contributed by atoms with van der Waals surface area (Å²) in [7, 11) is -3.68. The zero-order valence-electron chi connectivity index (χ0n) is 18.1. The molecule has 2 heterocycles. The Labute approximate surface area is 186 Å². The Hall–Kier alpha value is -2.91. The Morgan fingerprint density at radius 1 is 1.16 bits per heavy atom. The van der Waals surface area contributed by atoms with E-state index in [1.165, 1.54) is 27.1 Å². The number of aromatic nitrogens is 1. The first-order valence-corrected chi connectivity index (χ1v) is 12.1. The van der Waals surface area contributed by atoms with Crippen LogP contribution in [-0.4, -0.2) is 42.8 Å². The number of fused-ring (bicyclic) bond motifs is 1. The SMILES string of the molecule is CCOc1cccc(C(=O)Cn2c(=O)oc3cc(S(=O)(=O)N4CCC(C)CC4)ccc32)c1. The van der Waals surface area contributed by atoms with Crippen LogP contribution in [0.1, 0.15) is 37.0 Å². The van der Waals surface area contributed by atoms with Gasteiger partial charge in [-0.2, -0.15) is 4.31 Å². The van der Waals surface area contributed by atoms with Gasteiger partial charge < -0.3 is 9.15 Å². The average Bonchev–Trinajstić information content (AvgIpc) is 3.08. The topological polar surface area (TPSA) is 98.8 Å². The highest BCUT2D eigenvalue weighted by Crippen LogP contribution is 2.26. The smallest absolute Gasteiger partial charge is 0.420 e. The minimum absolute atomic E-state index is 0.0798. The lowest BCUT2D eigenvalue weighted by Gasteiger charge is -2.29. The summed E-state index contributed by atoms with van der Waals surface area (Å²) in [5, 5.41) is 0. The third kappa shape index (κ3) is 4.35. The lowest BCUT2D eigenvalue weighted by molar-refractivity contribution is 0.0970. The minimum atomic E-state index is -3.68. The van der Waals surface area contributed by atoms with Crippen molar-refractivity contribution in [2.45, 2.75) is 38.1 Å². The monoisotopic (exact) mass is 458 g/mol. The van der Waals surface area contributed by atoms with Crippen LogP contribution in [0, 0.1) is 5.92 Å². The second-order valence-corrected chi connectivity index (χ2v) is 9.99. The summed E-state index contributed by atoms with van der Waals surface area (Å²) in [6.07, 6.45) is 1.64. The molecule has 8 nitrogen and oxygen atoms in total. The van der Waals surface area contributed by atoms with Crippen molar-refractivity contribution in [3.8, 4) is 5.75 Å². The molecule has 170 valence electrons. The number of benzene rings is 2. The van der Waals surface area contributed by atoms with Crippen LogP contribution >= 0.6 is 0 Å². The van der Waals surface area contributed by atoms with Gasteiger partial charge >= 0.3 is 5.76 Å². The normalized spacial score (nSPS) is 15.8. The number of piperidine rings is 1. The zero-order chi connectivity index (χ0) is 22.9. The van der Waals surface area contributed by atoms with Gasteiger partial charge in [0.25, 0.3) is 0 Å². The number of carbonyl (C=O) groups is 1. The first-order chi connectivity index (χ1) is 15.3. The maximum Gasteiger partial charge on any atom is 0.420 e. The fourth-order valence-electron chi connectivity index (χ4n) is 3.89. The molecule has 1 aliphatic heterocycles. The maximum absolute atomic E-state index is 13.0. The lowest BCUT2D eigenvalue weighted by Crippen LogP contribution is -2.37. The number of hydrogen-bond acceptors (Lipinski definition) is 6. The van der Waals surface area contributed by atoms with Gasteiger partial charge in [-0.25, -0.2) is 13.2 Å². The van der Waals surface area contributed by atoms with Crippen molar-refractivity contribution in [3.05, 3.63) is 58.6 Å². The highest BCUT2D eigenvalue weighted by atomic mass is 32.2. The molecule has 2 aromatic carbocycles. The molecule has 9 heteroatoms. The van der Waals surface area contributed by atoms with Crippen molar-refractivity contribution in [3.63, 3.8) is 0 Å². The largest absolute Gasteiger partial charge is 0.494 e. The molecule has 1 fully saturated rings. The first kappa shape index (κ1) is 22.3. The molecule has 3 aromatic rings. The van der Waals surface area contributed by atoms with Gasteiger partial charge in [0.05, 0.1) is 23.6 Å². The third-order valence-corrected chi connectivity index (χ3v) is 7.68. The van der Waals surface area contributed by atoms with E-state index in [1.54, 1.807) is 24.3 Å². The number of carbonyl (C=O) groups excluding carboxylic acids is 1. The number of rotatable bonds is 7. The second kappa shape index (κ2) is 8.91. The van der Waals surface area contributed by atoms with E-state index in [0.717, 1.165) is 12.8 Å². The quantitative estimate of drug-likeness (QED) is 0.504. The Morgan fingerprint density at radius 3 is 2.62 bits per heavy atom. The summed E-state index contributed by atoms with van der Waals surface area (Å²) in [5.74, 6) is 0.0820. The van der Waals surface area contributed by atoms with Crippen LogP contribution in [0.3, 0.4) is 0 Å².